The van der Waals surface area contributed by atoms with E-state index in [2.05, 4.69) is 206 Å². The smallest absolute Gasteiger partial charge is 0.252 e. The van der Waals surface area contributed by atoms with Crippen LogP contribution in [0.2, 0.25) is 19.6 Å². The van der Waals surface area contributed by atoms with E-state index in [0.717, 1.165) is 25.7 Å². The first-order valence-corrected chi connectivity index (χ1v) is 28.8. The van der Waals surface area contributed by atoms with Crippen LogP contribution in [0.25, 0.3) is 0 Å². The largest absolute Gasteiger partial charge is 0.334 e. The molecule has 2 atom stereocenters. The quantitative estimate of drug-likeness (QED) is 0.163. The van der Waals surface area contributed by atoms with E-state index in [9.17, 15) is 0 Å². The van der Waals surface area contributed by atoms with Crippen LogP contribution < -0.4 is 36.3 Å². The van der Waals surface area contributed by atoms with Gasteiger partial charge in [-0.2, -0.15) is 0 Å². The predicted molar refractivity (Wildman–Crippen MR) is 287 cm³/mol. The van der Waals surface area contributed by atoms with Crippen molar-refractivity contribution in [2.24, 2.45) is 10.8 Å². The van der Waals surface area contributed by atoms with Gasteiger partial charge in [-0.1, -0.05) is 148 Å². The van der Waals surface area contributed by atoms with Crippen molar-refractivity contribution in [2.45, 2.75) is 150 Å². The summed E-state index contributed by atoms with van der Waals surface area (Å²) in [6, 6.07) is 44.6. The Labute approximate surface area is 397 Å². The van der Waals surface area contributed by atoms with Gasteiger partial charge in [-0.25, -0.2) is 0 Å². The molecule has 3 heterocycles. The van der Waals surface area contributed by atoms with Gasteiger partial charge in [0.25, 0.3) is 6.71 Å². The lowest BCUT2D eigenvalue weighted by atomic mass is 9.33. The molecule has 6 aliphatic rings. The molecule has 6 aromatic carbocycles. The van der Waals surface area contributed by atoms with Gasteiger partial charge in [0.05, 0.1) is 13.6 Å². The Hall–Kier alpha value is -5.00. The van der Waals surface area contributed by atoms with Crippen LogP contribution in [0.4, 0.5) is 45.5 Å². The van der Waals surface area contributed by atoms with Crippen LogP contribution in [0.1, 0.15) is 121 Å². The van der Waals surface area contributed by atoms with Crippen molar-refractivity contribution in [3.63, 3.8) is 0 Å². The molecule has 3 nitrogen and oxygen atoms in total. The molecule has 1 fully saturated rings. The summed E-state index contributed by atoms with van der Waals surface area (Å²) in [4.78, 5) is 8.23. The maximum atomic E-state index is 2.85. The van der Waals surface area contributed by atoms with Crippen LogP contribution >= 0.6 is 0 Å². The van der Waals surface area contributed by atoms with Crippen LogP contribution in [-0.2, 0) is 36.5 Å². The molecule has 66 heavy (non-hydrogen) atoms. The molecular formula is C61H70BN3Si. The molecule has 5 heteroatoms. The summed E-state index contributed by atoms with van der Waals surface area (Å²) in [5.41, 5.74) is 24.3. The fourth-order valence-electron chi connectivity index (χ4n) is 14.1. The number of anilines is 8. The summed E-state index contributed by atoms with van der Waals surface area (Å²) in [6.07, 6.45) is 9.40. The van der Waals surface area contributed by atoms with E-state index in [1.54, 1.807) is 10.8 Å². The number of fused-ring (bicyclic) bond motifs is 9. The monoisotopic (exact) mass is 884 g/mol. The van der Waals surface area contributed by atoms with Crippen LogP contribution in [-0.4, -0.2) is 20.3 Å². The Kier molecular flexibility index (Phi) is 8.86. The average molecular weight is 884 g/mol. The fourth-order valence-corrected chi connectivity index (χ4v) is 15.2. The van der Waals surface area contributed by atoms with Gasteiger partial charge in [0.2, 0.25) is 0 Å². The summed E-state index contributed by atoms with van der Waals surface area (Å²) in [5, 5.41) is 1.57. The summed E-state index contributed by atoms with van der Waals surface area (Å²) in [5.74, 6) is 0. The first-order chi connectivity index (χ1) is 31.1. The Morgan fingerprint density at radius 2 is 1.12 bits per heavy atom. The minimum Gasteiger partial charge on any atom is -0.334 e. The van der Waals surface area contributed by atoms with Gasteiger partial charge in [-0.15, -0.1) is 0 Å². The summed E-state index contributed by atoms with van der Waals surface area (Å²) in [6.45, 7) is 29.8. The van der Waals surface area contributed by atoms with Crippen molar-refractivity contribution in [3.8, 4) is 0 Å². The standard InChI is InChI=1S/C61H70BN3Si/c1-57(2,3)43-21-24-52-50(31-43)62-49-29-41-37-59(6,7)38-42(41)30-53(49)64(45-22-20-39-35-58(4,5)36-40(39)28-45)55-33-46(32-54(56(55)62)63(52)44-18-14-13-15-19-44)65-51-25-23-47(66(10,11)12)34-48(51)60(8)26-16-17-27-61(60,65)9/h13-15,18-25,28-34H,16-17,26-27,35-38H2,1-12H3. The topological polar surface area (TPSA) is 9.72 Å². The SMILES string of the molecule is CC1(C)Cc2ccc(N3c4cc5c(cc4B4c6cc(C(C)(C)C)ccc6N(c6ccccc6)c6cc(N7c8ccc([Si](C)(C)C)cc8C8(C)CCCCC78C)cc3c64)CC(C)(C)C5)cc2C1. The van der Waals surface area contributed by atoms with Gasteiger partial charge >= 0.3 is 0 Å². The van der Waals surface area contributed by atoms with Crippen molar-refractivity contribution in [1.82, 2.24) is 0 Å². The first kappa shape index (κ1) is 42.4. The molecule has 0 aromatic heterocycles. The maximum absolute atomic E-state index is 2.85. The second-order valence-corrected chi connectivity index (χ2v) is 30.7. The number of hydrogen-bond acceptors (Lipinski definition) is 3. The van der Waals surface area contributed by atoms with Gasteiger partial charge in [0.1, 0.15) is 0 Å². The highest BCUT2D eigenvalue weighted by atomic mass is 28.3. The maximum Gasteiger partial charge on any atom is 0.252 e. The minimum absolute atomic E-state index is 0.00380. The highest BCUT2D eigenvalue weighted by molar-refractivity contribution is 7.00. The third kappa shape index (κ3) is 6.13. The van der Waals surface area contributed by atoms with Crippen LogP contribution in [0, 0.1) is 10.8 Å². The lowest BCUT2D eigenvalue weighted by Gasteiger charge is -2.51. The van der Waals surface area contributed by atoms with Crippen molar-refractivity contribution < 1.29 is 0 Å². The highest BCUT2D eigenvalue weighted by Crippen LogP contribution is 2.62. The zero-order chi connectivity index (χ0) is 46.1. The van der Waals surface area contributed by atoms with Crippen molar-refractivity contribution in [2.75, 3.05) is 14.7 Å². The van der Waals surface area contributed by atoms with E-state index in [1.807, 2.05) is 0 Å². The molecule has 3 aliphatic carbocycles. The van der Waals surface area contributed by atoms with Gasteiger partial charge in [-0.3, -0.25) is 0 Å². The number of rotatable bonds is 4. The van der Waals surface area contributed by atoms with E-state index < -0.39 is 8.07 Å². The molecule has 6 aromatic rings. The molecule has 336 valence electrons. The van der Waals surface area contributed by atoms with Crippen molar-refractivity contribution in [3.05, 3.63) is 143 Å². The van der Waals surface area contributed by atoms with E-state index in [-0.39, 0.29) is 33.9 Å². The first-order valence-electron chi connectivity index (χ1n) is 25.3. The van der Waals surface area contributed by atoms with Gasteiger partial charge in [0.15, 0.2) is 0 Å². The van der Waals surface area contributed by atoms with Gasteiger partial charge in [0, 0.05) is 50.9 Å². The third-order valence-electron chi connectivity index (χ3n) is 17.6. The van der Waals surface area contributed by atoms with E-state index in [4.69, 9.17) is 0 Å². The van der Waals surface area contributed by atoms with Crippen LogP contribution in [0.5, 0.6) is 0 Å². The molecule has 2 unspecified atom stereocenters. The Morgan fingerprint density at radius 1 is 0.515 bits per heavy atom. The number of benzene rings is 6. The molecule has 0 spiro atoms. The number of hydrogen-bond donors (Lipinski definition) is 0. The number of nitrogens with zero attached hydrogens (tertiary/aromatic N) is 3. The second-order valence-electron chi connectivity index (χ2n) is 25.7. The molecule has 12 rings (SSSR count). The van der Waals surface area contributed by atoms with Crippen molar-refractivity contribution in [1.29, 1.82) is 0 Å². The normalized spacial score (nSPS) is 22.9. The summed E-state index contributed by atoms with van der Waals surface area (Å²) in [7, 11) is -1.57. The third-order valence-corrected chi connectivity index (χ3v) is 19.6. The molecule has 3 aliphatic heterocycles. The van der Waals surface area contributed by atoms with Gasteiger partial charge < -0.3 is 14.7 Å². The number of para-hydroxylation sites is 1. The van der Waals surface area contributed by atoms with E-state index in [0.29, 0.717) is 0 Å². The Balaban J connectivity index is 1.20. The fraction of sp³-hybridized carbons (Fsp3) is 0.410. The van der Waals surface area contributed by atoms with Crippen molar-refractivity contribution >= 4 is 81.9 Å². The molecule has 0 bridgehead atoms. The Morgan fingerprint density at radius 3 is 1.80 bits per heavy atom. The molecule has 0 amide bonds. The Bertz CT molecular complexity index is 3020. The molecule has 1 saturated carbocycles. The minimum atomic E-state index is -1.57. The molecule has 0 radical (unpaired) electrons. The zero-order valence-electron chi connectivity index (χ0n) is 42.0. The predicted octanol–water partition coefficient (Wildman–Crippen LogP) is 13.6. The highest BCUT2D eigenvalue weighted by Gasteiger charge is 2.58. The lowest BCUT2D eigenvalue weighted by Crippen LogP contribution is -2.62. The van der Waals surface area contributed by atoms with E-state index >= 15 is 0 Å². The van der Waals surface area contributed by atoms with Gasteiger partial charge in [-0.05, 0) is 166 Å². The summed E-state index contributed by atoms with van der Waals surface area (Å²) >= 11 is 0. The van der Waals surface area contributed by atoms with Crippen LogP contribution in [0.3, 0.4) is 0 Å². The molecule has 0 N–H and O–H groups in total. The van der Waals surface area contributed by atoms with Crippen LogP contribution in [0.15, 0.2) is 109 Å². The molecule has 0 saturated heterocycles. The average Bonchev–Trinajstić information content (AvgIpc) is 3.81. The second kappa shape index (κ2) is 13.8. The van der Waals surface area contributed by atoms with E-state index in [1.165, 1.54) is 115 Å². The molecular weight excluding hydrogens is 814 g/mol. The lowest BCUT2D eigenvalue weighted by molar-refractivity contribution is 0.195. The zero-order valence-corrected chi connectivity index (χ0v) is 43.0. The summed E-state index contributed by atoms with van der Waals surface area (Å²) < 4.78 is 0.